The zero-order valence-electron chi connectivity index (χ0n) is 16.6. The van der Waals surface area contributed by atoms with E-state index in [0.717, 1.165) is 37.7 Å². The highest BCUT2D eigenvalue weighted by Gasteiger charge is 2.43. The summed E-state index contributed by atoms with van der Waals surface area (Å²) in [5.41, 5.74) is 5.57. The number of carbonyl (C=O) groups excluding carboxylic acids is 1. The molecule has 0 amide bonds. The van der Waals surface area contributed by atoms with Crippen molar-refractivity contribution >= 4 is 11.8 Å². The van der Waals surface area contributed by atoms with Crippen molar-refractivity contribution in [2.24, 2.45) is 0 Å². The SMILES string of the molecule is Nc1cc[n+]([C@@H]2CO[C@H](COC(=O)C3(c4ccccc4)CCCCC3)O2)c(=O)[nH]1.[Cl-]. The van der Waals surface area contributed by atoms with Crippen molar-refractivity contribution in [1.29, 1.82) is 0 Å². The molecule has 0 bridgehead atoms. The molecule has 30 heavy (non-hydrogen) atoms. The predicted molar refractivity (Wildman–Crippen MR) is 104 cm³/mol. The first-order valence-electron chi connectivity index (χ1n) is 9.98. The highest BCUT2D eigenvalue weighted by molar-refractivity contribution is 5.83. The number of halogens is 1. The number of nitrogens with zero attached hydrogens (tertiary/aromatic N) is 1. The van der Waals surface area contributed by atoms with Gasteiger partial charge in [0, 0.05) is 6.07 Å². The summed E-state index contributed by atoms with van der Waals surface area (Å²) in [6.45, 7) is 0.168. The molecule has 2 heterocycles. The third kappa shape index (κ3) is 4.50. The Morgan fingerprint density at radius 1 is 1.20 bits per heavy atom. The van der Waals surface area contributed by atoms with E-state index in [-0.39, 0.29) is 43.1 Å². The molecule has 9 heteroatoms. The molecule has 1 aromatic heterocycles. The van der Waals surface area contributed by atoms with E-state index in [1.807, 2.05) is 30.3 Å². The molecule has 0 spiro atoms. The largest absolute Gasteiger partial charge is 1.00 e. The minimum atomic E-state index is -0.718. The molecule has 1 aliphatic carbocycles. The second-order valence-corrected chi connectivity index (χ2v) is 7.57. The van der Waals surface area contributed by atoms with E-state index < -0.39 is 17.9 Å². The molecular formula is C21H26ClN3O5. The lowest BCUT2D eigenvalue weighted by Crippen LogP contribution is -3.00. The zero-order chi connectivity index (χ0) is 20.3. The summed E-state index contributed by atoms with van der Waals surface area (Å²) in [6.07, 6.45) is 4.92. The number of rotatable bonds is 5. The molecule has 1 saturated heterocycles. The van der Waals surface area contributed by atoms with Gasteiger partial charge in [-0.25, -0.2) is 0 Å². The first kappa shape index (κ1) is 22.3. The van der Waals surface area contributed by atoms with Crippen molar-refractivity contribution in [2.75, 3.05) is 18.9 Å². The first-order chi connectivity index (χ1) is 14.1. The number of carbonyl (C=O) groups is 1. The summed E-state index contributed by atoms with van der Waals surface area (Å²) in [6, 6.07) is 11.4. The fourth-order valence-corrected chi connectivity index (χ4v) is 4.17. The van der Waals surface area contributed by atoms with Crippen LogP contribution in [0, 0.1) is 0 Å². The van der Waals surface area contributed by atoms with Crippen molar-refractivity contribution in [3.8, 4) is 0 Å². The molecule has 3 N–H and O–H groups in total. The maximum atomic E-state index is 13.1. The smallest absolute Gasteiger partial charge is 0.499 e. The maximum Gasteiger partial charge on any atom is 0.499 e. The van der Waals surface area contributed by atoms with Crippen LogP contribution in [0.5, 0.6) is 0 Å². The van der Waals surface area contributed by atoms with Crippen LogP contribution in [0.2, 0.25) is 0 Å². The number of anilines is 1. The van der Waals surface area contributed by atoms with Crippen LogP contribution in [0.1, 0.15) is 43.9 Å². The van der Waals surface area contributed by atoms with Gasteiger partial charge in [0.1, 0.15) is 19.4 Å². The molecule has 2 aromatic rings. The molecule has 0 unspecified atom stereocenters. The molecule has 2 fully saturated rings. The second-order valence-electron chi connectivity index (χ2n) is 7.57. The molecule has 162 valence electrons. The quantitative estimate of drug-likeness (QED) is 0.440. The van der Waals surface area contributed by atoms with Gasteiger partial charge in [0.05, 0.1) is 5.41 Å². The Balaban J connectivity index is 0.00000256. The van der Waals surface area contributed by atoms with Crippen LogP contribution in [0.3, 0.4) is 0 Å². The molecule has 2 aliphatic rings. The maximum absolute atomic E-state index is 13.1. The number of hydrogen-bond acceptors (Lipinski definition) is 6. The van der Waals surface area contributed by atoms with Crippen LogP contribution in [0.4, 0.5) is 5.82 Å². The van der Waals surface area contributed by atoms with Gasteiger partial charge in [-0.3, -0.25) is 4.79 Å². The monoisotopic (exact) mass is 435 g/mol. The van der Waals surface area contributed by atoms with Crippen molar-refractivity contribution < 1.29 is 36.0 Å². The molecule has 8 nitrogen and oxygen atoms in total. The molecule has 1 aliphatic heterocycles. The van der Waals surface area contributed by atoms with E-state index in [9.17, 15) is 9.59 Å². The van der Waals surface area contributed by atoms with Gasteiger partial charge in [-0.15, -0.1) is 0 Å². The number of benzene rings is 1. The van der Waals surface area contributed by atoms with Gasteiger partial charge < -0.3 is 32.4 Å². The number of H-pyrrole nitrogens is 1. The van der Waals surface area contributed by atoms with Crippen LogP contribution in [0.15, 0.2) is 47.4 Å². The van der Waals surface area contributed by atoms with Gasteiger partial charge in [-0.05, 0) is 18.4 Å². The van der Waals surface area contributed by atoms with Crippen LogP contribution >= 0.6 is 0 Å². The minimum Gasteiger partial charge on any atom is -1.00 e. The Bertz CT molecular complexity index is 914. The summed E-state index contributed by atoms with van der Waals surface area (Å²) in [7, 11) is 0. The van der Waals surface area contributed by atoms with E-state index in [1.54, 1.807) is 12.3 Å². The van der Waals surface area contributed by atoms with Crippen molar-refractivity contribution in [3.63, 3.8) is 0 Å². The molecule has 0 radical (unpaired) electrons. The number of nitrogen functional groups attached to an aromatic ring is 1. The standard InChI is InChI=1S/C21H25N3O5.ClH/c22-16-9-12-24(20(26)23-16)17-13-27-18(29-17)14-28-19(25)21(10-5-2-6-11-21)15-7-3-1-4-8-15;/h1,3-4,7-9,12,17-18H,2,5-6,10-11,13-14H2,(H2,22,23,26);1H/t17-,18-;/m0./s1. The summed E-state index contributed by atoms with van der Waals surface area (Å²) < 4.78 is 18.3. The van der Waals surface area contributed by atoms with Crippen LogP contribution < -0.4 is 28.4 Å². The zero-order valence-corrected chi connectivity index (χ0v) is 17.3. The average Bonchev–Trinajstić information content (AvgIpc) is 3.22. The number of hydrogen-bond donors (Lipinski definition) is 2. The third-order valence-electron chi connectivity index (χ3n) is 5.72. The summed E-state index contributed by atoms with van der Waals surface area (Å²) >= 11 is 0. The normalized spacial score (nSPS) is 22.8. The number of ether oxygens (including phenoxy) is 3. The molecule has 2 atom stereocenters. The lowest BCUT2D eigenvalue weighted by molar-refractivity contribution is -0.771. The fourth-order valence-electron chi connectivity index (χ4n) is 4.17. The van der Waals surface area contributed by atoms with Gasteiger partial charge in [-0.1, -0.05) is 49.6 Å². The first-order valence-corrected chi connectivity index (χ1v) is 9.98. The highest BCUT2D eigenvalue weighted by Crippen LogP contribution is 2.40. The van der Waals surface area contributed by atoms with Crippen molar-refractivity contribution in [1.82, 2.24) is 4.98 Å². The minimum absolute atomic E-state index is 0. The Morgan fingerprint density at radius 3 is 2.63 bits per heavy atom. The van der Waals surface area contributed by atoms with E-state index in [2.05, 4.69) is 4.98 Å². The predicted octanol–water partition coefficient (Wildman–Crippen LogP) is -1.43. The van der Waals surface area contributed by atoms with E-state index >= 15 is 0 Å². The van der Waals surface area contributed by atoms with E-state index in [0.29, 0.717) is 0 Å². The topological polar surface area (TPSA) is 108 Å². The van der Waals surface area contributed by atoms with E-state index in [4.69, 9.17) is 19.9 Å². The number of aromatic nitrogens is 2. The molecule has 1 saturated carbocycles. The van der Waals surface area contributed by atoms with Gasteiger partial charge in [0.25, 0.3) is 0 Å². The van der Waals surface area contributed by atoms with Crippen LogP contribution in [-0.2, 0) is 24.4 Å². The number of esters is 1. The molecular weight excluding hydrogens is 410 g/mol. The Labute approximate surface area is 180 Å². The van der Waals surface area contributed by atoms with E-state index in [1.165, 1.54) is 4.57 Å². The van der Waals surface area contributed by atoms with Gasteiger partial charge >= 0.3 is 11.7 Å². The molecule has 1 aromatic carbocycles. The number of aromatic amines is 1. The molecule has 4 rings (SSSR count). The number of nitrogens with one attached hydrogen (secondary N) is 1. The van der Waals surface area contributed by atoms with Crippen molar-refractivity contribution in [2.45, 2.75) is 50.0 Å². The number of nitrogens with two attached hydrogens (primary N) is 1. The summed E-state index contributed by atoms with van der Waals surface area (Å²) in [5, 5.41) is 0. The highest BCUT2D eigenvalue weighted by atomic mass is 35.5. The Hall–Kier alpha value is -2.42. The van der Waals surface area contributed by atoms with Crippen LogP contribution in [-0.4, -0.2) is 30.5 Å². The third-order valence-corrected chi connectivity index (χ3v) is 5.72. The average molecular weight is 436 g/mol. The van der Waals surface area contributed by atoms with Gasteiger partial charge in [0.15, 0.2) is 12.1 Å². The fraction of sp³-hybridized carbons (Fsp3) is 0.476. The second kappa shape index (κ2) is 9.59. The lowest BCUT2D eigenvalue weighted by Gasteiger charge is -2.35. The lowest BCUT2D eigenvalue weighted by atomic mass is 9.69. The van der Waals surface area contributed by atoms with Crippen LogP contribution in [0.25, 0.3) is 0 Å². The Kier molecular flexibility index (Phi) is 7.12. The van der Waals surface area contributed by atoms with Gasteiger partial charge in [-0.2, -0.15) is 14.3 Å². The van der Waals surface area contributed by atoms with Crippen molar-refractivity contribution in [3.05, 3.63) is 58.6 Å². The summed E-state index contributed by atoms with van der Waals surface area (Å²) in [5.74, 6) is 0.0337. The summed E-state index contributed by atoms with van der Waals surface area (Å²) in [4.78, 5) is 27.6. The Morgan fingerprint density at radius 2 is 1.93 bits per heavy atom. The van der Waals surface area contributed by atoms with Gasteiger partial charge in [0.2, 0.25) is 6.23 Å².